The summed E-state index contributed by atoms with van der Waals surface area (Å²) in [6, 6.07) is 0. The maximum absolute atomic E-state index is 11.7. The van der Waals surface area contributed by atoms with Crippen LogP contribution in [0.15, 0.2) is 11.6 Å². The van der Waals surface area contributed by atoms with Crippen LogP contribution in [-0.2, 0) is 10.0 Å². The standard InChI is InChI=1S/C7H11ClF3NO2S/c1-6(8)5-12-15(13,14)4-2-3-7(9,10)11/h12H,1-5H2. The fraction of sp³-hybridized carbons (Fsp3) is 0.714. The summed E-state index contributed by atoms with van der Waals surface area (Å²) in [5.74, 6) is -0.573. The number of hydrogen-bond acceptors (Lipinski definition) is 2. The van der Waals surface area contributed by atoms with E-state index in [1.807, 2.05) is 4.72 Å². The first-order chi connectivity index (χ1) is 6.62. The first-order valence-electron chi connectivity index (χ1n) is 4.00. The normalized spacial score (nSPS) is 12.8. The van der Waals surface area contributed by atoms with Gasteiger partial charge in [0.25, 0.3) is 0 Å². The van der Waals surface area contributed by atoms with E-state index in [1.165, 1.54) is 0 Å². The summed E-state index contributed by atoms with van der Waals surface area (Å²) in [6.45, 7) is 3.07. The number of nitrogens with one attached hydrogen (secondary N) is 1. The van der Waals surface area contributed by atoms with E-state index in [1.54, 1.807) is 0 Å². The van der Waals surface area contributed by atoms with E-state index in [-0.39, 0.29) is 11.6 Å². The number of sulfonamides is 1. The molecule has 0 aliphatic rings. The van der Waals surface area contributed by atoms with Crippen LogP contribution in [0.25, 0.3) is 0 Å². The van der Waals surface area contributed by atoms with Crippen molar-refractivity contribution in [2.45, 2.75) is 19.0 Å². The average molecular weight is 266 g/mol. The lowest BCUT2D eigenvalue weighted by Crippen LogP contribution is -2.28. The molecule has 0 aromatic heterocycles. The molecule has 0 aromatic carbocycles. The van der Waals surface area contributed by atoms with E-state index in [4.69, 9.17) is 11.6 Å². The number of alkyl halides is 3. The van der Waals surface area contributed by atoms with Crippen molar-refractivity contribution in [2.75, 3.05) is 12.3 Å². The Balaban J connectivity index is 3.90. The molecule has 0 bridgehead atoms. The molecule has 0 amide bonds. The summed E-state index contributed by atoms with van der Waals surface area (Å²) in [5.41, 5.74) is 0. The van der Waals surface area contributed by atoms with Crippen molar-refractivity contribution < 1.29 is 21.6 Å². The van der Waals surface area contributed by atoms with Gasteiger partial charge in [-0.05, 0) is 6.42 Å². The van der Waals surface area contributed by atoms with Crippen LogP contribution in [0.1, 0.15) is 12.8 Å². The Bertz CT molecular complexity index is 313. The molecule has 90 valence electrons. The van der Waals surface area contributed by atoms with E-state index in [9.17, 15) is 21.6 Å². The molecule has 0 saturated heterocycles. The van der Waals surface area contributed by atoms with E-state index in [0.717, 1.165) is 0 Å². The Morgan fingerprint density at radius 3 is 2.33 bits per heavy atom. The lowest BCUT2D eigenvalue weighted by molar-refractivity contribution is -0.134. The second kappa shape index (κ2) is 5.72. The van der Waals surface area contributed by atoms with Gasteiger partial charge in [-0.2, -0.15) is 13.2 Å². The molecule has 0 aliphatic heterocycles. The fourth-order valence-corrected chi connectivity index (χ4v) is 1.93. The highest BCUT2D eigenvalue weighted by Crippen LogP contribution is 2.21. The van der Waals surface area contributed by atoms with Crippen LogP contribution in [-0.4, -0.2) is 26.9 Å². The minimum Gasteiger partial charge on any atom is -0.212 e. The summed E-state index contributed by atoms with van der Waals surface area (Å²) in [7, 11) is -3.69. The van der Waals surface area contributed by atoms with Crippen molar-refractivity contribution in [3.63, 3.8) is 0 Å². The molecule has 0 aromatic rings. The molecule has 3 nitrogen and oxygen atoms in total. The van der Waals surface area contributed by atoms with Gasteiger partial charge in [-0.15, -0.1) is 0 Å². The molecule has 1 N–H and O–H groups in total. The van der Waals surface area contributed by atoms with Gasteiger partial charge in [-0.1, -0.05) is 18.2 Å². The molecule has 0 aliphatic carbocycles. The summed E-state index contributed by atoms with van der Waals surface area (Å²) >= 11 is 5.29. The zero-order valence-corrected chi connectivity index (χ0v) is 9.34. The van der Waals surface area contributed by atoms with Gasteiger partial charge < -0.3 is 0 Å². The van der Waals surface area contributed by atoms with Crippen LogP contribution in [0.5, 0.6) is 0 Å². The SMILES string of the molecule is C=C(Cl)CNS(=O)(=O)CCCC(F)(F)F. The lowest BCUT2D eigenvalue weighted by Gasteiger charge is -2.07. The van der Waals surface area contributed by atoms with Gasteiger partial charge in [-0.3, -0.25) is 0 Å². The molecule has 0 heterocycles. The highest BCUT2D eigenvalue weighted by atomic mass is 35.5. The van der Waals surface area contributed by atoms with Crippen LogP contribution in [0, 0.1) is 0 Å². The van der Waals surface area contributed by atoms with Crippen LogP contribution in [0.3, 0.4) is 0 Å². The molecule has 0 fully saturated rings. The highest BCUT2D eigenvalue weighted by molar-refractivity contribution is 7.89. The van der Waals surface area contributed by atoms with E-state index < -0.39 is 34.8 Å². The Morgan fingerprint density at radius 1 is 1.40 bits per heavy atom. The third kappa shape index (κ3) is 10.0. The molecule has 0 radical (unpaired) electrons. The van der Waals surface area contributed by atoms with Crippen molar-refractivity contribution in [3.05, 3.63) is 11.6 Å². The maximum atomic E-state index is 11.7. The summed E-state index contributed by atoms with van der Waals surface area (Å²) in [6.07, 6.45) is -5.91. The Hall–Kier alpha value is -0.270. The summed E-state index contributed by atoms with van der Waals surface area (Å²) < 4.78 is 59.2. The highest BCUT2D eigenvalue weighted by Gasteiger charge is 2.27. The Kier molecular flexibility index (Phi) is 5.61. The van der Waals surface area contributed by atoms with Crippen molar-refractivity contribution in [3.8, 4) is 0 Å². The topological polar surface area (TPSA) is 46.2 Å². The summed E-state index contributed by atoms with van der Waals surface area (Å²) in [4.78, 5) is 0. The first kappa shape index (κ1) is 14.7. The maximum Gasteiger partial charge on any atom is 0.389 e. The monoisotopic (exact) mass is 265 g/mol. The molecule has 0 rings (SSSR count). The van der Waals surface area contributed by atoms with Gasteiger partial charge >= 0.3 is 6.18 Å². The third-order valence-electron chi connectivity index (χ3n) is 1.36. The minimum absolute atomic E-state index is 0.0781. The average Bonchev–Trinajstić information content (AvgIpc) is 1.98. The van der Waals surface area contributed by atoms with Gasteiger partial charge in [0, 0.05) is 18.0 Å². The molecule has 0 spiro atoms. The van der Waals surface area contributed by atoms with E-state index in [0.29, 0.717) is 0 Å². The molecule has 0 saturated carbocycles. The predicted octanol–water partition coefficient (Wildman–Crippen LogP) is 2.00. The molecular weight excluding hydrogens is 255 g/mol. The molecule has 0 atom stereocenters. The van der Waals surface area contributed by atoms with E-state index in [2.05, 4.69) is 6.58 Å². The second-order valence-electron chi connectivity index (χ2n) is 2.88. The quantitative estimate of drug-likeness (QED) is 0.798. The van der Waals surface area contributed by atoms with Crippen molar-refractivity contribution in [1.29, 1.82) is 0 Å². The van der Waals surface area contributed by atoms with Crippen LogP contribution >= 0.6 is 11.6 Å². The third-order valence-corrected chi connectivity index (χ3v) is 2.90. The van der Waals surface area contributed by atoms with Crippen molar-refractivity contribution in [2.24, 2.45) is 0 Å². The van der Waals surface area contributed by atoms with E-state index >= 15 is 0 Å². The fourth-order valence-electron chi connectivity index (χ4n) is 0.723. The molecule has 15 heavy (non-hydrogen) atoms. The number of halogens is 4. The first-order valence-corrected chi connectivity index (χ1v) is 6.03. The second-order valence-corrected chi connectivity index (χ2v) is 5.34. The van der Waals surface area contributed by atoms with Crippen LogP contribution in [0.2, 0.25) is 0 Å². The molecule has 0 unspecified atom stereocenters. The van der Waals surface area contributed by atoms with Gasteiger partial charge in [0.1, 0.15) is 0 Å². The summed E-state index contributed by atoms with van der Waals surface area (Å²) in [5, 5.41) is 0.0781. The lowest BCUT2D eigenvalue weighted by atomic mass is 10.3. The predicted molar refractivity (Wildman–Crippen MR) is 52.1 cm³/mol. The van der Waals surface area contributed by atoms with Gasteiger partial charge in [0.05, 0.1) is 5.75 Å². The van der Waals surface area contributed by atoms with Crippen LogP contribution < -0.4 is 4.72 Å². The van der Waals surface area contributed by atoms with Gasteiger partial charge in [0.2, 0.25) is 10.0 Å². The Labute approximate surface area is 91.3 Å². The zero-order valence-electron chi connectivity index (χ0n) is 7.77. The van der Waals surface area contributed by atoms with Crippen LogP contribution in [0.4, 0.5) is 13.2 Å². The van der Waals surface area contributed by atoms with Crippen molar-refractivity contribution in [1.82, 2.24) is 4.72 Å². The number of hydrogen-bond donors (Lipinski definition) is 1. The molecular formula is C7H11ClF3NO2S. The van der Waals surface area contributed by atoms with Gasteiger partial charge in [-0.25, -0.2) is 13.1 Å². The van der Waals surface area contributed by atoms with Gasteiger partial charge in [0.15, 0.2) is 0 Å². The zero-order chi connectivity index (χ0) is 12.1. The largest absolute Gasteiger partial charge is 0.389 e. The molecule has 8 heteroatoms. The smallest absolute Gasteiger partial charge is 0.212 e. The Morgan fingerprint density at radius 2 is 1.93 bits per heavy atom. The van der Waals surface area contributed by atoms with Crippen molar-refractivity contribution >= 4 is 21.6 Å². The minimum atomic E-state index is -4.33. The number of rotatable bonds is 6.